The molecule has 1 saturated heterocycles. The average Bonchev–Trinajstić information content (AvgIpc) is 2.56. The Hall–Kier alpha value is -1.72. The van der Waals surface area contributed by atoms with Gasteiger partial charge in [-0.05, 0) is 25.5 Å². The first-order valence-corrected chi connectivity index (χ1v) is 8.36. The number of nitrogens with zero attached hydrogens (tertiary/aromatic N) is 1. The Morgan fingerprint density at radius 2 is 1.91 bits per heavy atom. The van der Waals surface area contributed by atoms with Crippen molar-refractivity contribution in [3.63, 3.8) is 0 Å². The number of nitrogens with one attached hydrogen (secondary N) is 2. The van der Waals surface area contributed by atoms with Crippen LogP contribution in [0.2, 0.25) is 0 Å². The van der Waals surface area contributed by atoms with Crippen LogP contribution in [0.5, 0.6) is 0 Å². The number of carbonyl (C=O) groups excluding carboxylic acids is 2. The van der Waals surface area contributed by atoms with Gasteiger partial charge in [-0.15, -0.1) is 0 Å². The predicted octanol–water partition coefficient (Wildman–Crippen LogP) is 1.29. The first-order chi connectivity index (χ1) is 11.1. The average molecular weight is 317 g/mol. The highest BCUT2D eigenvalue weighted by molar-refractivity contribution is 5.99. The van der Waals surface area contributed by atoms with Crippen LogP contribution in [-0.4, -0.2) is 55.9 Å². The van der Waals surface area contributed by atoms with Crippen molar-refractivity contribution in [2.75, 3.05) is 39.3 Å². The van der Waals surface area contributed by atoms with Gasteiger partial charge < -0.3 is 10.6 Å². The molecule has 0 aromatic heterocycles. The molecule has 2 N–H and O–H groups in total. The van der Waals surface area contributed by atoms with Crippen molar-refractivity contribution in [3.05, 3.63) is 34.9 Å². The molecule has 5 heteroatoms. The monoisotopic (exact) mass is 317 g/mol. The lowest BCUT2D eigenvalue weighted by atomic mass is 9.99. The summed E-state index contributed by atoms with van der Waals surface area (Å²) in [5.41, 5.74) is 2.78. The minimum Gasteiger partial charge on any atom is -0.355 e. The number of aryl methyl sites for hydroxylation is 2. The van der Waals surface area contributed by atoms with Gasteiger partial charge in [0.25, 0.3) is 0 Å². The van der Waals surface area contributed by atoms with Crippen molar-refractivity contribution in [2.45, 2.75) is 26.7 Å². The van der Waals surface area contributed by atoms with Gasteiger partial charge in [0, 0.05) is 57.7 Å². The second-order valence-electron chi connectivity index (χ2n) is 6.18. The Bertz CT molecular complexity index is 551. The first-order valence-electron chi connectivity index (χ1n) is 8.36. The maximum atomic E-state index is 12.2. The van der Waals surface area contributed by atoms with E-state index in [2.05, 4.69) is 15.5 Å². The Morgan fingerprint density at radius 1 is 1.17 bits per heavy atom. The minimum absolute atomic E-state index is 0.0428. The number of Topliss-reactive ketones (excluding diaryl/α,β-unsaturated/α-hetero) is 1. The molecule has 2 rings (SSSR count). The molecule has 1 aliphatic heterocycles. The van der Waals surface area contributed by atoms with Gasteiger partial charge in [0.2, 0.25) is 5.91 Å². The van der Waals surface area contributed by atoms with E-state index in [1.807, 2.05) is 32.0 Å². The Kier molecular flexibility index (Phi) is 6.74. The molecular weight excluding hydrogens is 290 g/mol. The zero-order valence-electron chi connectivity index (χ0n) is 14.2. The summed E-state index contributed by atoms with van der Waals surface area (Å²) in [6.45, 7) is 9.51. The maximum absolute atomic E-state index is 12.2. The molecule has 0 spiro atoms. The first kappa shape index (κ1) is 17.6. The lowest BCUT2D eigenvalue weighted by Crippen LogP contribution is -2.46. The van der Waals surface area contributed by atoms with Crippen LogP contribution in [0.4, 0.5) is 0 Å². The number of carbonyl (C=O) groups is 2. The van der Waals surface area contributed by atoms with Crippen molar-refractivity contribution >= 4 is 11.7 Å². The van der Waals surface area contributed by atoms with Crippen molar-refractivity contribution in [1.82, 2.24) is 15.5 Å². The Balaban J connectivity index is 1.69. The van der Waals surface area contributed by atoms with Gasteiger partial charge in [-0.2, -0.15) is 0 Å². The van der Waals surface area contributed by atoms with Crippen LogP contribution in [-0.2, 0) is 4.79 Å². The van der Waals surface area contributed by atoms with Gasteiger partial charge >= 0.3 is 0 Å². The standard InChI is InChI=1S/C18H27N3O2/c1-14-3-4-15(2)16(13-14)17(22)5-6-18(23)20-9-12-21-10-7-19-8-11-21/h3-4,13,19H,5-12H2,1-2H3,(H,20,23). The van der Waals surface area contributed by atoms with Crippen molar-refractivity contribution in [1.29, 1.82) is 0 Å². The van der Waals surface area contributed by atoms with E-state index in [0.717, 1.165) is 49.4 Å². The lowest BCUT2D eigenvalue weighted by molar-refractivity contribution is -0.121. The fraction of sp³-hybridized carbons (Fsp3) is 0.556. The fourth-order valence-electron chi connectivity index (χ4n) is 2.77. The van der Waals surface area contributed by atoms with Crippen LogP contribution in [0, 0.1) is 13.8 Å². The van der Waals surface area contributed by atoms with Gasteiger partial charge in [-0.3, -0.25) is 14.5 Å². The molecule has 126 valence electrons. The van der Waals surface area contributed by atoms with Gasteiger partial charge in [0.05, 0.1) is 0 Å². The van der Waals surface area contributed by atoms with Gasteiger partial charge in [-0.25, -0.2) is 0 Å². The van der Waals surface area contributed by atoms with Crippen molar-refractivity contribution < 1.29 is 9.59 Å². The minimum atomic E-state index is -0.0428. The summed E-state index contributed by atoms with van der Waals surface area (Å²) in [6.07, 6.45) is 0.525. The Labute approximate surface area is 138 Å². The Morgan fingerprint density at radius 3 is 2.65 bits per heavy atom. The summed E-state index contributed by atoms with van der Waals surface area (Å²) in [4.78, 5) is 26.5. The molecule has 0 saturated carbocycles. The largest absolute Gasteiger partial charge is 0.355 e. The van der Waals surface area contributed by atoms with E-state index in [0.29, 0.717) is 6.54 Å². The highest BCUT2D eigenvalue weighted by atomic mass is 16.2. The summed E-state index contributed by atoms with van der Waals surface area (Å²) in [7, 11) is 0. The molecule has 5 nitrogen and oxygen atoms in total. The third kappa shape index (κ3) is 5.77. The molecule has 1 heterocycles. The molecule has 0 aliphatic carbocycles. The van der Waals surface area contributed by atoms with Crippen LogP contribution in [0.3, 0.4) is 0 Å². The normalized spacial score (nSPS) is 15.4. The highest BCUT2D eigenvalue weighted by Gasteiger charge is 2.13. The number of benzene rings is 1. The zero-order valence-corrected chi connectivity index (χ0v) is 14.2. The van der Waals surface area contributed by atoms with Gasteiger partial charge in [0.15, 0.2) is 5.78 Å². The number of amides is 1. The van der Waals surface area contributed by atoms with Crippen LogP contribution >= 0.6 is 0 Å². The van der Waals surface area contributed by atoms with E-state index in [9.17, 15) is 9.59 Å². The SMILES string of the molecule is Cc1ccc(C)c(C(=O)CCC(=O)NCCN2CCNCC2)c1. The van der Waals surface area contributed by atoms with E-state index in [1.54, 1.807) is 0 Å². The second kappa shape index (κ2) is 8.79. The number of hydrogen-bond donors (Lipinski definition) is 2. The second-order valence-corrected chi connectivity index (χ2v) is 6.18. The summed E-state index contributed by atoms with van der Waals surface area (Å²) in [5.74, 6) is 0.00208. The summed E-state index contributed by atoms with van der Waals surface area (Å²) in [6, 6.07) is 5.85. The number of piperazine rings is 1. The fourth-order valence-corrected chi connectivity index (χ4v) is 2.77. The van der Waals surface area contributed by atoms with E-state index in [4.69, 9.17) is 0 Å². The molecule has 0 unspecified atom stereocenters. The number of rotatable bonds is 7. The smallest absolute Gasteiger partial charge is 0.220 e. The molecule has 0 atom stereocenters. The van der Waals surface area contributed by atoms with Crippen molar-refractivity contribution in [2.24, 2.45) is 0 Å². The van der Waals surface area contributed by atoms with E-state index >= 15 is 0 Å². The van der Waals surface area contributed by atoms with Gasteiger partial charge in [0.1, 0.15) is 0 Å². The van der Waals surface area contributed by atoms with Crippen LogP contribution < -0.4 is 10.6 Å². The number of ketones is 1. The van der Waals surface area contributed by atoms with E-state index < -0.39 is 0 Å². The molecule has 1 amide bonds. The van der Waals surface area contributed by atoms with E-state index in [-0.39, 0.29) is 24.5 Å². The van der Waals surface area contributed by atoms with Crippen molar-refractivity contribution in [3.8, 4) is 0 Å². The number of hydrogen-bond acceptors (Lipinski definition) is 4. The molecule has 1 aromatic rings. The third-order valence-corrected chi connectivity index (χ3v) is 4.23. The molecule has 0 radical (unpaired) electrons. The molecule has 1 fully saturated rings. The maximum Gasteiger partial charge on any atom is 0.220 e. The summed E-state index contributed by atoms with van der Waals surface area (Å²) in [5, 5.41) is 6.21. The topological polar surface area (TPSA) is 61.4 Å². The van der Waals surface area contributed by atoms with Gasteiger partial charge in [-0.1, -0.05) is 17.7 Å². The summed E-state index contributed by atoms with van der Waals surface area (Å²) < 4.78 is 0. The quantitative estimate of drug-likeness (QED) is 0.744. The molecular formula is C18H27N3O2. The highest BCUT2D eigenvalue weighted by Crippen LogP contribution is 2.13. The zero-order chi connectivity index (χ0) is 16.7. The van der Waals surface area contributed by atoms with Crippen LogP contribution in [0.15, 0.2) is 18.2 Å². The van der Waals surface area contributed by atoms with E-state index in [1.165, 1.54) is 0 Å². The third-order valence-electron chi connectivity index (χ3n) is 4.23. The van der Waals surface area contributed by atoms with Crippen LogP contribution in [0.25, 0.3) is 0 Å². The predicted molar refractivity (Wildman–Crippen MR) is 91.8 cm³/mol. The molecule has 23 heavy (non-hydrogen) atoms. The van der Waals surface area contributed by atoms with Crippen LogP contribution in [0.1, 0.15) is 34.3 Å². The summed E-state index contributed by atoms with van der Waals surface area (Å²) >= 11 is 0. The lowest BCUT2D eigenvalue weighted by Gasteiger charge is -2.27. The molecule has 1 aromatic carbocycles. The molecule has 1 aliphatic rings. The molecule has 0 bridgehead atoms.